The summed E-state index contributed by atoms with van der Waals surface area (Å²) >= 11 is 1.40. The largest absolute Gasteiger partial charge is 0.494 e. The number of hydrogen-bond acceptors (Lipinski definition) is 6. The number of aliphatic hydroxyl groups excluding tert-OH is 1. The molecule has 1 saturated heterocycles. The van der Waals surface area contributed by atoms with Crippen molar-refractivity contribution in [2.24, 2.45) is 0 Å². The summed E-state index contributed by atoms with van der Waals surface area (Å²) in [4.78, 5) is 16.4. The Labute approximate surface area is 131 Å². The van der Waals surface area contributed by atoms with Gasteiger partial charge in [0.05, 0.1) is 24.0 Å². The third-order valence-corrected chi connectivity index (χ3v) is 4.19. The quantitative estimate of drug-likeness (QED) is 0.792. The number of β-amino-alcohol motifs (C(OH)–C–C–N with tert-alkyl or cyclic N) is 1. The average Bonchev–Trinajstić information content (AvgIpc) is 3.03. The van der Waals surface area contributed by atoms with Crippen LogP contribution in [-0.2, 0) is 4.79 Å². The normalized spacial score (nSPS) is 21.0. The molecule has 8 heteroatoms. The summed E-state index contributed by atoms with van der Waals surface area (Å²) in [6.45, 7) is 0.450. The molecule has 2 unspecified atom stereocenters. The van der Waals surface area contributed by atoms with Gasteiger partial charge in [0.15, 0.2) is 5.13 Å². The van der Waals surface area contributed by atoms with Gasteiger partial charge in [-0.15, -0.1) is 12.4 Å². The minimum atomic E-state index is -0.457. The lowest BCUT2D eigenvalue weighted by atomic mass is 10.2. The molecule has 114 valence electrons. The topological polar surface area (TPSA) is 83.5 Å². The van der Waals surface area contributed by atoms with E-state index in [1.165, 1.54) is 11.3 Å². The molecule has 0 bridgehead atoms. The monoisotopic (exact) mass is 329 g/mol. The van der Waals surface area contributed by atoms with Gasteiger partial charge in [-0.2, -0.15) is 0 Å². The number of halogens is 1. The number of fused-ring (bicyclic) bond motifs is 1. The van der Waals surface area contributed by atoms with E-state index in [1.807, 2.05) is 18.2 Å². The Hall–Kier alpha value is -1.41. The first-order valence-corrected chi connectivity index (χ1v) is 7.15. The predicted molar refractivity (Wildman–Crippen MR) is 84.5 cm³/mol. The summed E-state index contributed by atoms with van der Waals surface area (Å²) in [5.41, 5.74) is 0.745. The second-order valence-electron chi connectivity index (χ2n) is 4.67. The van der Waals surface area contributed by atoms with Crippen LogP contribution in [-0.4, -0.2) is 41.8 Å². The molecular weight excluding hydrogens is 314 g/mol. The van der Waals surface area contributed by atoms with Crippen LogP contribution in [0.1, 0.15) is 6.42 Å². The number of nitrogens with zero attached hydrogens (tertiary/aromatic N) is 1. The third kappa shape index (κ3) is 3.26. The number of anilines is 1. The van der Waals surface area contributed by atoms with Gasteiger partial charge in [-0.05, 0) is 18.6 Å². The minimum Gasteiger partial charge on any atom is -0.494 e. The van der Waals surface area contributed by atoms with Crippen LogP contribution >= 0.6 is 23.7 Å². The molecule has 2 atom stereocenters. The molecule has 0 radical (unpaired) electrons. The Morgan fingerprint density at radius 1 is 1.57 bits per heavy atom. The number of benzene rings is 1. The van der Waals surface area contributed by atoms with Crippen molar-refractivity contribution in [1.82, 2.24) is 10.3 Å². The number of hydrogen-bond donors (Lipinski definition) is 3. The molecule has 3 N–H and O–H groups in total. The summed E-state index contributed by atoms with van der Waals surface area (Å²) < 4.78 is 6.20. The molecule has 1 fully saturated rings. The Morgan fingerprint density at radius 3 is 3.05 bits per heavy atom. The summed E-state index contributed by atoms with van der Waals surface area (Å²) in [5, 5.41) is 15.7. The van der Waals surface area contributed by atoms with Crippen LogP contribution in [0.15, 0.2) is 18.2 Å². The van der Waals surface area contributed by atoms with Crippen molar-refractivity contribution in [2.45, 2.75) is 18.6 Å². The molecule has 21 heavy (non-hydrogen) atoms. The van der Waals surface area contributed by atoms with E-state index in [9.17, 15) is 9.90 Å². The molecule has 0 saturated carbocycles. The number of nitrogens with one attached hydrogen (secondary N) is 2. The Kier molecular flexibility index (Phi) is 5.00. The van der Waals surface area contributed by atoms with Crippen molar-refractivity contribution < 1.29 is 14.6 Å². The highest BCUT2D eigenvalue weighted by atomic mass is 35.5. The number of carbonyl (C=O) groups is 1. The number of ether oxygens (including phenoxy) is 1. The summed E-state index contributed by atoms with van der Waals surface area (Å²) in [5.74, 6) is 0.522. The molecular formula is C13H16ClN3O3S. The van der Waals surface area contributed by atoms with Crippen LogP contribution in [0.25, 0.3) is 10.2 Å². The Balaban J connectivity index is 0.00000161. The fourth-order valence-electron chi connectivity index (χ4n) is 2.25. The van der Waals surface area contributed by atoms with Crippen LogP contribution in [0.3, 0.4) is 0 Å². The molecule has 0 spiro atoms. The molecule has 3 rings (SSSR count). The van der Waals surface area contributed by atoms with E-state index < -0.39 is 6.10 Å². The summed E-state index contributed by atoms with van der Waals surface area (Å²) in [7, 11) is 1.59. The maximum atomic E-state index is 12.0. The molecule has 2 heterocycles. The number of para-hydroxylation sites is 1. The smallest absolute Gasteiger partial charge is 0.243 e. The van der Waals surface area contributed by atoms with Gasteiger partial charge in [0.25, 0.3) is 0 Å². The zero-order valence-corrected chi connectivity index (χ0v) is 13.0. The molecule has 6 nitrogen and oxygen atoms in total. The fraction of sp³-hybridized carbons (Fsp3) is 0.385. The van der Waals surface area contributed by atoms with Gasteiger partial charge >= 0.3 is 0 Å². The van der Waals surface area contributed by atoms with Gasteiger partial charge in [-0.1, -0.05) is 17.4 Å². The van der Waals surface area contributed by atoms with Crippen molar-refractivity contribution >= 4 is 45.0 Å². The number of carbonyl (C=O) groups excluding carboxylic acids is 1. The molecule has 1 amide bonds. The number of amides is 1. The molecule has 2 aromatic rings. The van der Waals surface area contributed by atoms with Crippen molar-refractivity contribution in [3.8, 4) is 5.75 Å². The maximum absolute atomic E-state index is 12.0. The van der Waals surface area contributed by atoms with Crippen molar-refractivity contribution in [2.75, 3.05) is 19.0 Å². The predicted octanol–water partition coefficient (Wildman–Crippen LogP) is 1.39. The number of aliphatic hydroxyl groups is 1. The van der Waals surface area contributed by atoms with Crippen molar-refractivity contribution in [3.63, 3.8) is 0 Å². The second-order valence-corrected chi connectivity index (χ2v) is 5.70. The molecule has 1 aromatic carbocycles. The third-order valence-electron chi connectivity index (χ3n) is 3.26. The first-order valence-electron chi connectivity index (χ1n) is 6.33. The highest BCUT2D eigenvalue weighted by Crippen LogP contribution is 2.32. The number of aromatic nitrogens is 1. The SMILES string of the molecule is COc1cccc2sc(NC(=O)C3CC(O)CN3)nc12.Cl. The average molecular weight is 330 g/mol. The highest BCUT2D eigenvalue weighted by molar-refractivity contribution is 7.22. The van der Waals surface area contributed by atoms with E-state index in [1.54, 1.807) is 7.11 Å². The molecule has 1 aliphatic rings. The van der Waals surface area contributed by atoms with Crippen LogP contribution in [0.4, 0.5) is 5.13 Å². The molecule has 1 aromatic heterocycles. The zero-order chi connectivity index (χ0) is 14.1. The van der Waals surface area contributed by atoms with Gasteiger partial charge < -0.3 is 20.5 Å². The van der Waals surface area contributed by atoms with E-state index in [0.29, 0.717) is 23.8 Å². The lowest BCUT2D eigenvalue weighted by Crippen LogP contribution is -2.35. The lowest BCUT2D eigenvalue weighted by molar-refractivity contribution is -0.117. The van der Waals surface area contributed by atoms with Crippen LogP contribution in [0, 0.1) is 0 Å². The second kappa shape index (κ2) is 6.57. The summed E-state index contributed by atoms with van der Waals surface area (Å²) in [6.07, 6.45) is -0.0266. The Morgan fingerprint density at radius 2 is 2.38 bits per heavy atom. The van der Waals surface area contributed by atoms with Gasteiger partial charge in [0.2, 0.25) is 5.91 Å². The standard InChI is InChI=1S/C13H15N3O3S.ClH/c1-19-9-3-2-4-10-11(9)15-13(20-10)16-12(18)8-5-7(17)6-14-8;/h2-4,7-8,14,17H,5-6H2,1H3,(H,15,16,18);1H. The number of rotatable bonds is 3. The van der Waals surface area contributed by atoms with Crippen LogP contribution < -0.4 is 15.4 Å². The van der Waals surface area contributed by atoms with E-state index in [4.69, 9.17) is 4.74 Å². The van der Waals surface area contributed by atoms with E-state index in [2.05, 4.69) is 15.6 Å². The van der Waals surface area contributed by atoms with Gasteiger partial charge in [0, 0.05) is 6.54 Å². The number of methoxy groups -OCH3 is 1. The minimum absolute atomic E-state index is 0. The van der Waals surface area contributed by atoms with Crippen LogP contribution in [0.2, 0.25) is 0 Å². The highest BCUT2D eigenvalue weighted by Gasteiger charge is 2.28. The van der Waals surface area contributed by atoms with Crippen molar-refractivity contribution in [1.29, 1.82) is 0 Å². The van der Waals surface area contributed by atoms with Crippen LogP contribution in [0.5, 0.6) is 5.75 Å². The van der Waals surface area contributed by atoms with Gasteiger partial charge in [-0.25, -0.2) is 4.98 Å². The van der Waals surface area contributed by atoms with Gasteiger partial charge in [-0.3, -0.25) is 4.79 Å². The Bertz CT molecular complexity index is 649. The van der Waals surface area contributed by atoms with E-state index >= 15 is 0 Å². The first-order chi connectivity index (χ1) is 9.67. The molecule has 1 aliphatic heterocycles. The first kappa shape index (κ1) is 16.0. The van der Waals surface area contributed by atoms with Crippen molar-refractivity contribution in [3.05, 3.63) is 18.2 Å². The lowest BCUT2D eigenvalue weighted by Gasteiger charge is -2.08. The van der Waals surface area contributed by atoms with Gasteiger partial charge in [0.1, 0.15) is 11.3 Å². The molecule has 0 aliphatic carbocycles. The zero-order valence-electron chi connectivity index (χ0n) is 11.3. The van der Waals surface area contributed by atoms with E-state index in [-0.39, 0.29) is 24.4 Å². The van der Waals surface area contributed by atoms with E-state index in [0.717, 1.165) is 10.2 Å². The number of thiazole rings is 1. The maximum Gasteiger partial charge on any atom is 0.243 e. The fourth-order valence-corrected chi connectivity index (χ4v) is 3.14. The summed E-state index contributed by atoms with van der Waals surface area (Å²) in [6, 6.07) is 5.30.